The average Bonchev–Trinajstić information content (AvgIpc) is 3.17. The largest absolute Gasteiger partial charge is 0.496 e. The summed E-state index contributed by atoms with van der Waals surface area (Å²) in [6.07, 6.45) is 2.24. The van der Waals surface area contributed by atoms with Gasteiger partial charge in [-0.25, -0.2) is 0 Å². The Morgan fingerprint density at radius 1 is 0.885 bits per heavy atom. The third-order valence-electron chi connectivity index (χ3n) is 9.01. The highest BCUT2D eigenvalue weighted by molar-refractivity contribution is 5.76. The van der Waals surface area contributed by atoms with Crippen molar-refractivity contribution in [1.82, 2.24) is 10.3 Å². The highest BCUT2D eigenvalue weighted by Crippen LogP contribution is 2.35. The van der Waals surface area contributed by atoms with Gasteiger partial charge in [-0.15, -0.1) is 0 Å². The molecule has 2 N–H and O–H groups in total. The van der Waals surface area contributed by atoms with Crippen LogP contribution >= 0.6 is 0 Å². The normalized spacial score (nSPS) is 15.7. The lowest BCUT2D eigenvalue weighted by Gasteiger charge is -2.42. The molecule has 0 spiro atoms. The SMILES string of the molecule is COCCCN1CCOc2ccc(OC[C@H]3CN(C(=O)CCCON(O)O)CCN3c3ccc(OCCCOCc4ccccc4OC)cc3)cc21. The summed E-state index contributed by atoms with van der Waals surface area (Å²) in [6, 6.07) is 21.6. The van der Waals surface area contributed by atoms with Crippen molar-refractivity contribution in [3.8, 4) is 23.0 Å². The van der Waals surface area contributed by atoms with Gasteiger partial charge in [-0.2, -0.15) is 0 Å². The number of anilines is 2. The lowest BCUT2D eigenvalue weighted by Crippen LogP contribution is -2.57. The standard InChI is InChI=1S/C38H52N4O10/c1-46-21-6-17-39-20-25-50-37-16-15-34(26-35(37)39)51-29-32-27-40(38(43)10-5-24-52-42(44)45)18-19-41(32)31-11-13-33(14-12-31)49-23-7-22-48-28-30-8-3-4-9-36(30)47-2/h3-4,8-9,11-16,26,32,44-45H,5-7,10,17-25,27-29H2,1-2H3/t32-/m1/s1. The molecule has 284 valence electrons. The minimum absolute atomic E-state index is 0.0140. The van der Waals surface area contributed by atoms with Crippen LogP contribution in [-0.4, -0.2) is 119 Å². The van der Waals surface area contributed by atoms with Crippen LogP contribution in [0.5, 0.6) is 23.0 Å². The van der Waals surface area contributed by atoms with Gasteiger partial charge < -0.3 is 43.1 Å². The molecule has 2 aliphatic heterocycles. The van der Waals surface area contributed by atoms with Crippen molar-refractivity contribution in [3.05, 3.63) is 72.3 Å². The lowest BCUT2D eigenvalue weighted by atomic mass is 10.1. The topological polar surface area (TPSA) is 135 Å². The highest BCUT2D eigenvalue weighted by atomic mass is 17.1. The van der Waals surface area contributed by atoms with Gasteiger partial charge in [0, 0.05) is 70.1 Å². The Morgan fingerprint density at radius 3 is 2.52 bits per heavy atom. The van der Waals surface area contributed by atoms with Gasteiger partial charge in [0.15, 0.2) is 0 Å². The van der Waals surface area contributed by atoms with Gasteiger partial charge in [0.25, 0.3) is 0 Å². The molecule has 2 aliphatic rings. The molecular formula is C38H52N4O10. The highest BCUT2D eigenvalue weighted by Gasteiger charge is 2.30. The molecule has 3 aromatic rings. The van der Waals surface area contributed by atoms with Gasteiger partial charge in [0.2, 0.25) is 5.91 Å². The van der Waals surface area contributed by atoms with E-state index in [0.717, 1.165) is 65.9 Å². The fourth-order valence-electron chi connectivity index (χ4n) is 6.35. The number of hydrogen-bond acceptors (Lipinski definition) is 13. The zero-order valence-electron chi connectivity index (χ0n) is 30.2. The molecule has 2 heterocycles. The monoisotopic (exact) mass is 724 g/mol. The Hall–Kier alpha value is -4.31. The van der Waals surface area contributed by atoms with Gasteiger partial charge in [-0.05, 0) is 55.3 Å². The average molecular weight is 725 g/mol. The Kier molecular flexibility index (Phi) is 15.5. The number of para-hydroxylation sites is 1. The predicted octanol–water partition coefficient (Wildman–Crippen LogP) is 4.80. The minimum Gasteiger partial charge on any atom is -0.496 e. The Bertz CT molecular complexity index is 1510. The van der Waals surface area contributed by atoms with Crippen molar-refractivity contribution in [2.24, 2.45) is 0 Å². The summed E-state index contributed by atoms with van der Waals surface area (Å²) in [5.74, 6) is 3.13. The molecule has 1 amide bonds. The number of amides is 1. The zero-order chi connectivity index (χ0) is 36.5. The number of nitrogens with zero attached hydrogens (tertiary/aromatic N) is 4. The number of benzene rings is 3. The van der Waals surface area contributed by atoms with Crippen LogP contribution in [0.15, 0.2) is 66.7 Å². The minimum atomic E-state index is -0.335. The molecule has 5 rings (SSSR count). The van der Waals surface area contributed by atoms with Crippen LogP contribution in [-0.2, 0) is 25.7 Å². The van der Waals surface area contributed by atoms with Crippen LogP contribution in [0.25, 0.3) is 0 Å². The maximum absolute atomic E-state index is 13.1. The third-order valence-corrected chi connectivity index (χ3v) is 9.01. The van der Waals surface area contributed by atoms with Crippen LogP contribution in [0.1, 0.15) is 31.2 Å². The van der Waals surface area contributed by atoms with Crippen LogP contribution < -0.4 is 28.7 Å². The number of fused-ring (bicyclic) bond motifs is 1. The molecule has 1 saturated heterocycles. The van der Waals surface area contributed by atoms with E-state index in [9.17, 15) is 4.79 Å². The molecule has 0 radical (unpaired) electrons. The van der Waals surface area contributed by atoms with E-state index in [0.29, 0.717) is 65.7 Å². The molecule has 0 unspecified atom stereocenters. The molecule has 1 atom stereocenters. The molecule has 0 aliphatic carbocycles. The van der Waals surface area contributed by atoms with Crippen molar-refractivity contribution < 1.29 is 48.5 Å². The summed E-state index contributed by atoms with van der Waals surface area (Å²) in [5.41, 5.74) is 3.03. The van der Waals surface area contributed by atoms with Crippen LogP contribution in [0, 0.1) is 0 Å². The molecule has 52 heavy (non-hydrogen) atoms. The van der Waals surface area contributed by atoms with Crippen molar-refractivity contribution in [2.45, 2.75) is 38.3 Å². The van der Waals surface area contributed by atoms with E-state index in [-0.39, 0.29) is 30.4 Å². The van der Waals surface area contributed by atoms with E-state index < -0.39 is 0 Å². The number of carbonyl (C=O) groups is 1. The van der Waals surface area contributed by atoms with Crippen LogP contribution in [0.3, 0.4) is 0 Å². The van der Waals surface area contributed by atoms with Crippen LogP contribution in [0.4, 0.5) is 11.4 Å². The first-order valence-electron chi connectivity index (χ1n) is 17.9. The molecule has 0 bridgehead atoms. The van der Waals surface area contributed by atoms with E-state index in [1.54, 1.807) is 14.2 Å². The summed E-state index contributed by atoms with van der Waals surface area (Å²) in [4.78, 5) is 24.2. The number of rotatable bonds is 21. The van der Waals surface area contributed by atoms with E-state index in [1.165, 1.54) is 0 Å². The molecule has 0 saturated carbocycles. The Morgan fingerprint density at radius 2 is 1.71 bits per heavy atom. The van der Waals surface area contributed by atoms with Gasteiger partial charge in [0.1, 0.15) is 36.2 Å². The summed E-state index contributed by atoms with van der Waals surface area (Å²) in [5, 5.41) is 17.2. The quantitative estimate of drug-likeness (QED) is 0.115. The van der Waals surface area contributed by atoms with E-state index in [1.807, 2.05) is 71.6 Å². The molecule has 14 heteroatoms. The third kappa shape index (κ3) is 11.6. The van der Waals surface area contributed by atoms with Crippen molar-refractivity contribution in [1.29, 1.82) is 0 Å². The number of hydrogen-bond donors (Lipinski definition) is 2. The molecule has 0 aromatic heterocycles. The maximum atomic E-state index is 13.1. The molecular weight excluding hydrogens is 672 g/mol. The first-order chi connectivity index (χ1) is 25.4. The van der Waals surface area contributed by atoms with E-state index in [2.05, 4.69) is 14.6 Å². The van der Waals surface area contributed by atoms with Crippen molar-refractivity contribution in [3.63, 3.8) is 0 Å². The number of ether oxygens (including phenoxy) is 6. The first-order valence-corrected chi connectivity index (χ1v) is 17.9. The zero-order valence-corrected chi connectivity index (χ0v) is 30.2. The van der Waals surface area contributed by atoms with Gasteiger partial charge in [0.05, 0.1) is 57.2 Å². The lowest BCUT2D eigenvalue weighted by molar-refractivity contribution is -0.492. The maximum Gasteiger partial charge on any atom is 0.222 e. The Labute approximate surface area is 305 Å². The first kappa shape index (κ1) is 38.9. The smallest absolute Gasteiger partial charge is 0.222 e. The van der Waals surface area contributed by atoms with Gasteiger partial charge in [-0.1, -0.05) is 18.2 Å². The second kappa shape index (κ2) is 20.7. The fourth-order valence-corrected chi connectivity index (χ4v) is 6.35. The van der Waals surface area contributed by atoms with Gasteiger partial charge >= 0.3 is 0 Å². The second-order valence-electron chi connectivity index (χ2n) is 12.6. The predicted molar refractivity (Wildman–Crippen MR) is 194 cm³/mol. The number of piperazine rings is 1. The summed E-state index contributed by atoms with van der Waals surface area (Å²) in [6.45, 7) is 6.56. The van der Waals surface area contributed by atoms with E-state index in [4.69, 9.17) is 38.8 Å². The molecule has 1 fully saturated rings. The number of carbonyl (C=O) groups excluding carboxylic acids is 1. The summed E-state index contributed by atoms with van der Waals surface area (Å²) < 4.78 is 34.8. The van der Waals surface area contributed by atoms with E-state index >= 15 is 0 Å². The van der Waals surface area contributed by atoms with Crippen LogP contribution in [0.2, 0.25) is 0 Å². The Balaban J connectivity index is 1.17. The molecule has 3 aromatic carbocycles. The fraction of sp³-hybridized carbons (Fsp3) is 0.500. The summed E-state index contributed by atoms with van der Waals surface area (Å²) in [7, 11) is 3.37. The number of methoxy groups -OCH3 is 2. The van der Waals surface area contributed by atoms with Crippen molar-refractivity contribution in [2.75, 3.05) is 96.4 Å². The summed E-state index contributed by atoms with van der Waals surface area (Å²) >= 11 is 0. The second-order valence-corrected chi connectivity index (χ2v) is 12.6. The molecule has 14 nitrogen and oxygen atoms in total. The van der Waals surface area contributed by atoms with Crippen molar-refractivity contribution >= 4 is 17.3 Å². The van der Waals surface area contributed by atoms with Gasteiger partial charge in [-0.3, -0.25) is 20.0 Å².